The van der Waals surface area contributed by atoms with E-state index in [4.69, 9.17) is 0 Å². The van der Waals surface area contributed by atoms with E-state index in [2.05, 4.69) is 14.9 Å². The fraction of sp³-hybridized carbons (Fsp3) is 0.500. The molecular weight excluding hydrogens is 301 g/mol. The fourth-order valence-electron chi connectivity index (χ4n) is 3.30. The molecule has 1 aliphatic carbocycles. The summed E-state index contributed by atoms with van der Waals surface area (Å²) in [6, 6.07) is 6.59. The zero-order valence-electron chi connectivity index (χ0n) is 12.3. The maximum absolute atomic E-state index is 13.1. The molecule has 2 unspecified atom stereocenters. The molecule has 0 spiro atoms. The Bertz CT molecular complexity index is 590. The van der Waals surface area contributed by atoms with Gasteiger partial charge < -0.3 is 10.4 Å². The van der Waals surface area contributed by atoms with Gasteiger partial charge in [0.2, 0.25) is 0 Å². The summed E-state index contributed by atoms with van der Waals surface area (Å²) in [7, 11) is 0. The zero-order chi connectivity index (χ0) is 15.4. The van der Waals surface area contributed by atoms with E-state index in [0.717, 1.165) is 43.5 Å². The van der Waals surface area contributed by atoms with Gasteiger partial charge in [-0.3, -0.25) is 0 Å². The standard InChI is InChI=1S/C16H20FN3OS/c17-13-5-3-12(4-6-13)8-16(7-1-2-15(16)21)11-18-9-14-10-22-20-19-14/h3-6,10,15,18,21H,1-2,7-9,11H2. The molecule has 1 saturated carbocycles. The van der Waals surface area contributed by atoms with E-state index >= 15 is 0 Å². The van der Waals surface area contributed by atoms with Crippen LogP contribution >= 0.6 is 11.5 Å². The minimum Gasteiger partial charge on any atom is -0.392 e. The van der Waals surface area contributed by atoms with Crippen LogP contribution in [0, 0.1) is 11.2 Å². The molecule has 0 radical (unpaired) electrons. The molecule has 0 aliphatic heterocycles. The van der Waals surface area contributed by atoms with Crippen LogP contribution in [0.4, 0.5) is 4.39 Å². The Morgan fingerprint density at radius 2 is 2.18 bits per heavy atom. The zero-order valence-corrected chi connectivity index (χ0v) is 13.2. The minimum atomic E-state index is -0.321. The number of aromatic nitrogens is 2. The number of benzene rings is 1. The highest BCUT2D eigenvalue weighted by molar-refractivity contribution is 7.03. The fourth-order valence-corrected chi connectivity index (χ4v) is 3.76. The van der Waals surface area contributed by atoms with Gasteiger partial charge in [0.25, 0.3) is 0 Å². The van der Waals surface area contributed by atoms with Crippen LogP contribution < -0.4 is 5.32 Å². The van der Waals surface area contributed by atoms with Crippen LogP contribution in [0.2, 0.25) is 0 Å². The van der Waals surface area contributed by atoms with Gasteiger partial charge in [-0.25, -0.2) is 4.39 Å². The van der Waals surface area contributed by atoms with Gasteiger partial charge in [-0.05, 0) is 48.5 Å². The molecule has 2 aromatic rings. The van der Waals surface area contributed by atoms with Crippen molar-refractivity contribution in [2.45, 2.75) is 38.3 Å². The van der Waals surface area contributed by atoms with Crippen LogP contribution in [0.3, 0.4) is 0 Å². The maximum atomic E-state index is 13.1. The molecule has 3 rings (SSSR count). The maximum Gasteiger partial charge on any atom is 0.123 e. The van der Waals surface area contributed by atoms with Gasteiger partial charge in [-0.2, -0.15) is 0 Å². The normalized spacial score (nSPS) is 24.7. The average molecular weight is 321 g/mol. The Morgan fingerprint density at radius 1 is 1.36 bits per heavy atom. The van der Waals surface area contributed by atoms with E-state index in [9.17, 15) is 9.50 Å². The molecule has 1 heterocycles. The van der Waals surface area contributed by atoms with Crippen molar-refractivity contribution < 1.29 is 9.50 Å². The molecule has 4 nitrogen and oxygen atoms in total. The largest absolute Gasteiger partial charge is 0.392 e. The van der Waals surface area contributed by atoms with E-state index in [1.54, 1.807) is 0 Å². The van der Waals surface area contributed by atoms with Crippen molar-refractivity contribution in [2.75, 3.05) is 6.54 Å². The number of aliphatic hydroxyl groups excluding tert-OH is 1. The molecule has 2 atom stereocenters. The van der Waals surface area contributed by atoms with E-state index in [-0.39, 0.29) is 17.3 Å². The van der Waals surface area contributed by atoms with Crippen LogP contribution in [-0.4, -0.2) is 27.3 Å². The molecule has 2 N–H and O–H groups in total. The van der Waals surface area contributed by atoms with Gasteiger partial charge >= 0.3 is 0 Å². The third-order valence-corrected chi connectivity index (χ3v) is 5.07. The highest BCUT2D eigenvalue weighted by Crippen LogP contribution is 2.40. The Kier molecular flexibility index (Phi) is 4.81. The van der Waals surface area contributed by atoms with Crippen molar-refractivity contribution in [2.24, 2.45) is 5.41 Å². The second-order valence-electron chi connectivity index (χ2n) is 6.07. The summed E-state index contributed by atoms with van der Waals surface area (Å²) in [5.74, 6) is -0.223. The van der Waals surface area contributed by atoms with Crippen LogP contribution in [0.25, 0.3) is 0 Å². The summed E-state index contributed by atoms with van der Waals surface area (Å²) in [6.45, 7) is 1.39. The minimum absolute atomic E-state index is 0.179. The number of hydrogen-bond donors (Lipinski definition) is 2. The molecule has 1 aromatic carbocycles. The molecule has 6 heteroatoms. The van der Waals surface area contributed by atoms with E-state index in [0.29, 0.717) is 6.54 Å². The molecule has 118 valence electrons. The summed E-state index contributed by atoms with van der Waals surface area (Å²) in [5, 5.41) is 19.8. The van der Waals surface area contributed by atoms with Gasteiger partial charge in [0.05, 0.1) is 11.8 Å². The van der Waals surface area contributed by atoms with E-state index < -0.39 is 0 Å². The Hall–Kier alpha value is -1.37. The highest BCUT2D eigenvalue weighted by Gasteiger charge is 2.41. The lowest BCUT2D eigenvalue weighted by atomic mass is 9.78. The molecule has 0 bridgehead atoms. The van der Waals surface area contributed by atoms with E-state index in [1.807, 2.05) is 17.5 Å². The van der Waals surface area contributed by atoms with Gasteiger partial charge in [-0.15, -0.1) is 5.10 Å². The lowest BCUT2D eigenvalue weighted by Crippen LogP contribution is -2.41. The lowest BCUT2D eigenvalue weighted by molar-refractivity contribution is 0.0518. The van der Waals surface area contributed by atoms with Gasteiger partial charge in [-0.1, -0.05) is 23.0 Å². The third-order valence-electron chi connectivity index (χ3n) is 4.52. The van der Waals surface area contributed by atoms with Crippen molar-refractivity contribution in [3.05, 3.63) is 46.7 Å². The second-order valence-corrected chi connectivity index (χ2v) is 6.68. The van der Waals surface area contributed by atoms with Gasteiger partial charge in [0.15, 0.2) is 0 Å². The summed E-state index contributed by atoms with van der Waals surface area (Å²) < 4.78 is 16.9. The van der Waals surface area contributed by atoms with Crippen molar-refractivity contribution in [1.29, 1.82) is 0 Å². The monoisotopic (exact) mass is 321 g/mol. The molecule has 1 aliphatic rings. The summed E-state index contributed by atoms with van der Waals surface area (Å²) in [6.07, 6.45) is 3.28. The quantitative estimate of drug-likeness (QED) is 0.858. The van der Waals surface area contributed by atoms with Crippen molar-refractivity contribution in [3.8, 4) is 0 Å². The first-order chi connectivity index (χ1) is 10.7. The number of nitrogens with one attached hydrogen (secondary N) is 1. The van der Waals surface area contributed by atoms with Crippen molar-refractivity contribution in [3.63, 3.8) is 0 Å². The van der Waals surface area contributed by atoms with Crippen molar-refractivity contribution >= 4 is 11.5 Å². The van der Waals surface area contributed by atoms with Crippen LogP contribution in [-0.2, 0) is 13.0 Å². The number of halogens is 1. The van der Waals surface area contributed by atoms with Gasteiger partial charge in [0.1, 0.15) is 5.82 Å². The lowest BCUT2D eigenvalue weighted by Gasteiger charge is -2.33. The molecule has 0 saturated heterocycles. The first kappa shape index (κ1) is 15.5. The predicted octanol–water partition coefficient (Wildman–Crippen LogP) is 2.54. The van der Waals surface area contributed by atoms with Crippen molar-refractivity contribution in [1.82, 2.24) is 14.9 Å². The Balaban J connectivity index is 1.66. The number of hydrogen-bond acceptors (Lipinski definition) is 5. The molecule has 0 amide bonds. The molecule has 1 aromatic heterocycles. The molecule has 1 fully saturated rings. The number of aliphatic hydroxyl groups is 1. The van der Waals surface area contributed by atoms with Gasteiger partial charge in [0, 0.05) is 23.9 Å². The van der Waals surface area contributed by atoms with Crippen LogP contribution in [0.5, 0.6) is 0 Å². The molecular formula is C16H20FN3OS. The first-order valence-corrected chi connectivity index (χ1v) is 8.41. The topological polar surface area (TPSA) is 58.0 Å². The van der Waals surface area contributed by atoms with Crippen LogP contribution in [0.15, 0.2) is 29.6 Å². The number of rotatable bonds is 6. The highest BCUT2D eigenvalue weighted by atomic mass is 32.1. The predicted molar refractivity (Wildman–Crippen MR) is 84.0 cm³/mol. The number of nitrogens with zero attached hydrogens (tertiary/aromatic N) is 2. The average Bonchev–Trinajstić information content (AvgIpc) is 3.13. The Morgan fingerprint density at radius 3 is 2.82 bits per heavy atom. The third kappa shape index (κ3) is 3.51. The van der Waals surface area contributed by atoms with Crippen LogP contribution in [0.1, 0.15) is 30.5 Å². The summed E-state index contributed by atoms with van der Waals surface area (Å²) in [5.41, 5.74) is 1.82. The molecule has 22 heavy (non-hydrogen) atoms. The summed E-state index contributed by atoms with van der Waals surface area (Å²) in [4.78, 5) is 0. The first-order valence-electron chi connectivity index (χ1n) is 7.57. The summed E-state index contributed by atoms with van der Waals surface area (Å²) >= 11 is 1.34. The Labute approximate surface area is 133 Å². The smallest absolute Gasteiger partial charge is 0.123 e. The SMILES string of the molecule is OC1CCCC1(CNCc1csnn1)Cc1ccc(F)cc1. The van der Waals surface area contributed by atoms with E-state index in [1.165, 1.54) is 23.7 Å². The second kappa shape index (κ2) is 6.81.